The van der Waals surface area contributed by atoms with Gasteiger partial charge in [0.1, 0.15) is 34.9 Å². The van der Waals surface area contributed by atoms with Crippen LogP contribution in [0.25, 0.3) is 0 Å². The van der Waals surface area contributed by atoms with E-state index in [-0.39, 0.29) is 35.8 Å². The molecule has 9 heterocycles. The van der Waals surface area contributed by atoms with E-state index in [1.54, 1.807) is 6.07 Å². The summed E-state index contributed by atoms with van der Waals surface area (Å²) >= 11 is 0. The van der Waals surface area contributed by atoms with Crippen LogP contribution < -0.4 is 41.3 Å². The summed E-state index contributed by atoms with van der Waals surface area (Å²) in [5.41, 5.74) is 0.874. The molecule has 9 rings (SSSR count). The maximum Gasteiger partial charge on any atom is 0.417 e. The SMILES string of the molecule is OCCNc1cc(N2CC3CC2CN3)cc(Nc2ccc(C(F)F)c(C3CN(c4cc(Nc5ccc(C(F)(F)F)cn5)nc(N5CC6CC5CO6)c4)CCN3)n2)n1. The van der Waals surface area contributed by atoms with Crippen LogP contribution in [0, 0.1) is 0 Å². The monoisotopic (exact) mass is 794 g/mol. The summed E-state index contributed by atoms with van der Waals surface area (Å²) in [6.07, 6.45) is -4.51. The highest BCUT2D eigenvalue weighted by Gasteiger charge is 2.41. The lowest BCUT2D eigenvalue weighted by Crippen LogP contribution is -2.46. The molecular weight excluding hydrogens is 751 g/mol. The fraction of sp³-hybridized carbons (Fsp3) is 0.474. The van der Waals surface area contributed by atoms with Crippen molar-refractivity contribution in [2.75, 3.05) is 89.7 Å². The summed E-state index contributed by atoms with van der Waals surface area (Å²) in [6, 6.07) is 13.1. The van der Waals surface area contributed by atoms with E-state index >= 15 is 0 Å². The first-order valence-electron chi connectivity index (χ1n) is 19.2. The number of aliphatic hydroxyl groups is 1. The lowest BCUT2D eigenvalue weighted by molar-refractivity contribution is -0.137. The van der Waals surface area contributed by atoms with Crippen LogP contribution in [-0.4, -0.2) is 108 Å². The predicted molar refractivity (Wildman–Crippen MR) is 205 cm³/mol. The van der Waals surface area contributed by atoms with Gasteiger partial charge in [0.25, 0.3) is 6.43 Å². The van der Waals surface area contributed by atoms with Crippen molar-refractivity contribution < 1.29 is 31.8 Å². The van der Waals surface area contributed by atoms with Crippen molar-refractivity contribution in [3.8, 4) is 0 Å². The van der Waals surface area contributed by atoms with E-state index in [4.69, 9.17) is 19.7 Å². The molecule has 57 heavy (non-hydrogen) atoms. The Hall–Kier alpha value is -5.11. The molecule has 19 heteroatoms. The first-order valence-corrected chi connectivity index (χ1v) is 19.2. The Morgan fingerprint density at radius 3 is 2.35 bits per heavy atom. The molecule has 6 N–H and O–H groups in total. The van der Waals surface area contributed by atoms with Gasteiger partial charge in [0.15, 0.2) is 0 Å². The van der Waals surface area contributed by atoms with Crippen LogP contribution >= 0.6 is 0 Å². The molecule has 0 aromatic carbocycles. The van der Waals surface area contributed by atoms with Crippen molar-refractivity contribution in [1.82, 2.24) is 30.6 Å². The number of piperazine rings is 2. The molecule has 5 unspecified atom stereocenters. The summed E-state index contributed by atoms with van der Waals surface area (Å²) in [7, 11) is 0. The highest BCUT2D eigenvalue weighted by molar-refractivity contribution is 5.68. The number of aliphatic hydroxyl groups excluding tert-OH is 1. The number of aromatic nitrogens is 4. The Labute approximate surface area is 325 Å². The summed E-state index contributed by atoms with van der Waals surface area (Å²) in [4.78, 5) is 24.9. The number of alkyl halides is 5. The Bertz CT molecular complexity index is 2080. The lowest BCUT2D eigenvalue weighted by atomic mass is 10.0. The zero-order valence-electron chi connectivity index (χ0n) is 30.8. The number of morpholine rings is 1. The number of pyridine rings is 4. The van der Waals surface area contributed by atoms with Crippen LogP contribution in [0.15, 0.2) is 54.7 Å². The van der Waals surface area contributed by atoms with Gasteiger partial charge in [-0.2, -0.15) is 13.2 Å². The van der Waals surface area contributed by atoms with Gasteiger partial charge in [0.2, 0.25) is 0 Å². The summed E-state index contributed by atoms with van der Waals surface area (Å²) in [5, 5.41) is 25.8. The van der Waals surface area contributed by atoms with Crippen molar-refractivity contribution in [2.24, 2.45) is 0 Å². The van der Waals surface area contributed by atoms with E-state index in [9.17, 15) is 27.1 Å². The summed E-state index contributed by atoms with van der Waals surface area (Å²) in [5.74, 6) is 2.65. The number of hydrogen-bond donors (Lipinski definition) is 6. The lowest BCUT2D eigenvalue weighted by Gasteiger charge is -2.37. The van der Waals surface area contributed by atoms with Gasteiger partial charge in [0.05, 0.1) is 42.7 Å². The van der Waals surface area contributed by atoms with E-state index in [2.05, 4.69) is 46.3 Å². The van der Waals surface area contributed by atoms with E-state index in [0.717, 1.165) is 49.6 Å². The number of nitrogens with zero attached hydrogens (tertiary/aromatic N) is 7. The zero-order chi connectivity index (χ0) is 39.3. The Balaban J connectivity index is 0.992. The summed E-state index contributed by atoms with van der Waals surface area (Å²) < 4.78 is 74.8. The normalized spacial score (nSPS) is 24.2. The first kappa shape index (κ1) is 37.5. The fourth-order valence-electron chi connectivity index (χ4n) is 8.56. The quantitative estimate of drug-likeness (QED) is 0.109. The van der Waals surface area contributed by atoms with Gasteiger partial charge < -0.3 is 51.1 Å². The number of hydrogen-bond acceptors (Lipinski definition) is 14. The average molecular weight is 795 g/mol. The smallest absolute Gasteiger partial charge is 0.395 e. The molecule has 4 bridgehead atoms. The molecule has 5 aliphatic heterocycles. The highest BCUT2D eigenvalue weighted by Crippen LogP contribution is 2.38. The van der Waals surface area contributed by atoms with Crippen LogP contribution in [0.1, 0.15) is 42.1 Å². The maximum atomic E-state index is 14.6. The molecule has 5 saturated heterocycles. The molecule has 0 spiro atoms. The zero-order valence-corrected chi connectivity index (χ0v) is 30.8. The van der Waals surface area contributed by atoms with E-state index in [0.29, 0.717) is 80.5 Å². The fourth-order valence-corrected chi connectivity index (χ4v) is 8.56. The molecule has 5 aliphatic rings. The molecule has 4 aromatic rings. The van der Waals surface area contributed by atoms with Crippen molar-refractivity contribution in [3.05, 3.63) is 71.5 Å². The first-order chi connectivity index (χ1) is 27.6. The van der Waals surface area contributed by atoms with Crippen LogP contribution in [0.5, 0.6) is 0 Å². The Morgan fingerprint density at radius 2 is 1.65 bits per heavy atom. The average Bonchev–Trinajstić information content (AvgIpc) is 4.04. The largest absolute Gasteiger partial charge is 0.417 e. The van der Waals surface area contributed by atoms with E-state index in [1.807, 2.05) is 18.2 Å². The molecule has 302 valence electrons. The maximum absolute atomic E-state index is 14.6. The van der Waals surface area contributed by atoms with Crippen LogP contribution in [-0.2, 0) is 10.9 Å². The number of fused-ring (bicyclic) bond motifs is 4. The van der Waals surface area contributed by atoms with Crippen molar-refractivity contribution >= 4 is 46.3 Å². The van der Waals surface area contributed by atoms with Crippen molar-refractivity contribution in [3.63, 3.8) is 0 Å². The minimum Gasteiger partial charge on any atom is -0.395 e. The van der Waals surface area contributed by atoms with Crippen molar-refractivity contribution in [2.45, 2.75) is 55.7 Å². The van der Waals surface area contributed by atoms with Gasteiger partial charge in [-0.05, 0) is 37.1 Å². The highest BCUT2D eigenvalue weighted by atomic mass is 19.4. The molecular formula is C38H43F5N12O2. The molecule has 0 radical (unpaired) electrons. The number of ether oxygens (including phenoxy) is 1. The van der Waals surface area contributed by atoms with Gasteiger partial charge in [-0.3, -0.25) is 0 Å². The number of rotatable bonds is 12. The van der Waals surface area contributed by atoms with Crippen LogP contribution in [0.3, 0.4) is 0 Å². The van der Waals surface area contributed by atoms with Crippen molar-refractivity contribution in [1.29, 1.82) is 0 Å². The molecule has 14 nitrogen and oxygen atoms in total. The third-order valence-corrected chi connectivity index (χ3v) is 11.3. The standard InChI is InChI=1S/C38H43F5N12O2/c39-37(40)28-2-4-31(49-33-13-24(12-32(50-33)45-6-8-56)54-17-22-9-25(54)16-46-22)52-36(28)29-19-53(7-5-44-29)23-11-34(48-30-3-1-21(15-47-30)38(41,42)43)51-35(14-23)55-18-27-10-26(55)20-57-27/h1-4,11-15,22,25-27,29,37,44,46,56H,5-10,16-20H2,(H,47,48,51)(H2,45,49,50,52). The van der Waals surface area contributed by atoms with E-state index < -0.39 is 24.2 Å². The van der Waals surface area contributed by atoms with Gasteiger partial charge in [-0.1, -0.05) is 0 Å². The number of anilines is 8. The van der Waals surface area contributed by atoms with Crippen LogP contribution in [0.4, 0.5) is 68.2 Å². The summed E-state index contributed by atoms with van der Waals surface area (Å²) in [6.45, 7) is 4.52. The van der Waals surface area contributed by atoms with E-state index in [1.165, 1.54) is 18.2 Å². The molecule has 0 aliphatic carbocycles. The topological polar surface area (TPSA) is 151 Å². The predicted octanol–water partition coefficient (Wildman–Crippen LogP) is 4.79. The second-order valence-electron chi connectivity index (χ2n) is 15.1. The van der Waals surface area contributed by atoms with Gasteiger partial charge in [-0.25, -0.2) is 28.7 Å². The molecule has 0 saturated carbocycles. The molecule has 5 fully saturated rings. The molecule has 5 atom stereocenters. The molecule has 4 aromatic heterocycles. The number of nitrogens with one attached hydrogen (secondary N) is 5. The van der Waals surface area contributed by atoms with Gasteiger partial charge in [0, 0.05) is 105 Å². The second kappa shape index (κ2) is 15.3. The van der Waals surface area contributed by atoms with Gasteiger partial charge >= 0.3 is 6.18 Å². The third kappa shape index (κ3) is 7.93. The number of halogens is 5. The molecule has 0 amide bonds. The second-order valence-corrected chi connectivity index (χ2v) is 15.1. The Morgan fingerprint density at radius 1 is 0.842 bits per heavy atom. The minimum absolute atomic E-state index is 0.0679. The third-order valence-electron chi connectivity index (χ3n) is 11.3. The van der Waals surface area contributed by atoms with Gasteiger partial charge in [-0.15, -0.1) is 0 Å². The minimum atomic E-state index is -4.52. The Kier molecular flexibility index (Phi) is 10.1. The van der Waals surface area contributed by atoms with Crippen LogP contribution in [0.2, 0.25) is 0 Å².